The number of anilines is 1. The van der Waals surface area contributed by atoms with Crippen molar-refractivity contribution in [1.82, 2.24) is 14.1 Å². The van der Waals surface area contributed by atoms with E-state index in [4.69, 9.17) is 10.5 Å². The van der Waals surface area contributed by atoms with Crippen LogP contribution in [0.15, 0.2) is 64.2 Å². The van der Waals surface area contributed by atoms with Crippen LogP contribution in [-0.2, 0) is 18.8 Å². The van der Waals surface area contributed by atoms with Gasteiger partial charge in [-0.15, -0.1) is 0 Å². The molecule has 2 aromatic carbocycles. The Morgan fingerprint density at radius 3 is 2.41 bits per heavy atom. The Hall–Kier alpha value is -4.60. The predicted molar refractivity (Wildman–Crippen MR) is 123 cm³/mol. The van der Waals surface area contributed by atoms with Crippen molar-refractivity contribution >= 4 is 28.5 Å². The number of hydrogen-bond acceptors (Lipinski definition) is 7. The number of esters is 1. The van der Waals surface area contributed by atoms with Crippen LogP contribution >= 0.6 is 0 Å². The van der Waals surface area contributed by atoms with Crippen molar-refractivity contribution in [3.8, 4) is 11.3 Å². The van der Waals surface area contributed by atoms with Crippen LogP contribution in [0.1, 0.15) is 20.7 Å². The van der Waals surface area contributed by atoms with E-state index < -0.39 is 41.0 Å². The fourth-order valence-corrected chi connectivity index (χ4v) is 3.52. The Labute approximate surface area is 191 Å². The quantitative estimate of drug-likeness (QED) is 0.355. The van der Waals surface area contributed by atoms with Crippen LogP contribution in [-0.4, -0.2) is 32.5 Å². The molecule has 0 bridgehead atoms. The molecule has 0 aliphatic carbocycles. The Morgan fingerprint density at radius 2 is 1.71 bits per heavy atom. The maximum absolute atomic E-state index is 13.3. The Balaban J connectivity index is 1.68. The summed E-state index contributed by atoms with van der Waals surface area (Å²) in [5, 5.41) is 0.489. The van der Waals surface area contributed by atoms with Gasteiger partial charge in [0.15, 0.2) is 6.61 Å². The molecule has 0 atom stereocenters. The summed E-state index contributed by atoms with van der Waals surface area (Å²) in [5.74, 6) is -2.40. The molecule has 0 saturated heterocycles. The van der Waals surface area contributed by atoms with Gasteiger partial charge in [0, 0.05) is 25.0 Å². The number of para-hydroxylation sites is 1. The van der Waals surface area contributed by atoms with E-state index in [0.29, 0.717) is 22.2 Å². The molecule has 0 aliphatic rings. The summed E-state index contributed by atoms with van der Waals surface area (Å²) < 4.78 is 20.3. The van der Waals surface area contributed by atoms with Gasteiger partial charge in [-0.1, -0.05) is 18.2 Å². The number of ketones is 1. The minimum atomic E-state index is -0.880. The second-order valence-corrected chi connectivity index (χ2v) is 7.54. The standard InChI is InChI=1S/C24H19FN4O5/c1-28-21(26)20(22(31)29(2)24(28)33)19(30)12-34-23(32)16-11-18(13-7-9-14(25)10-8-13)27-17-6-4-3-5-15(16)17/h3-11H,12,26H2,1-2H3. The van der Waals surface area contributed by atoms with Gasteiger partial charge < -0.3 is 10.5 Å². The molecular formula is C24H19FN4O5. The molecule has 0 spiro atoms. The number of hydrogen-bond donors (Lipinski definition) is 1. The summed E-state index contributed by atoms with van der Waals surface area (Å²) in [4.78, 5) is 54.5. The molecule has 4 aromatic rings. The summed E-state index contributed by atoms with van der Waals surface area (Å²) in [7, 11) is 2.53. The molecule has 0 unspecified atom stereocenters. The lowest BCUT2D eigenvalue weighted by atomic mass is 10.0. The highest BCUT2D eigenvalue weighted by Crippen LogP contribution is 2.25. The van der Waals surface area contributed by atoms with Crippen LogP contribution in [0.2, 0.25) is 0 Å². The second kappa shape index (κ2) is 8.74. The molecule has 0 saturated carbocycles. The molecule has 2 aromatic heterocycles. The van der Waals surface area contributed by atoms with Crippen molar-refractivity contribution in [2.24, 2.45) is 14.1 Å². The number of rotatable bonds is 5. The molecule has 172 valence electrons. The van der Waals surface area contributed by atoms with Gasteiger partial charge in [0.2, 0.25) is 5.78 Å². The lowest BCUT2D eigenvalue weighted by Gasteiger charge is -2.12. The number of carbonyl (C=O) groups is 2. The highest BCUT2D eigenvalue weighted by atomic mass is 19.1. The van der Waals surface area contributed by atoms with Crippen molar-refractivity contribution in [2.75, 3.05) is 12.3 Å². The number of aromatic nitrogens is 3. The number of carbonyl (C=O) groups excluding carboxylic acids is 2. The summed E-state index contributed by atoms with van der Waals surface area (Å²) in [6.45, 7) is -0.765. The van der Waals surface area contributed by atoms with Crippen LogP contribution in [0, 0.1) is 5.82 Å². The van der Waals surface area contributed by atoms with Crippen molar-refractivity contribution < 1.29 is 18.7 Å². The number of benzene rings is 2. The van der Waals surface area contributed by atoms with E-state index in [1.807, 2.05) is 0 Å². The van der Waals surface area contributed by atoms with Gasteiger partial charge in [0.05, 0.1) is 16.8 Å². The number of nitrogen functional groups attached to an aromatic ring is 1. The number of Topliss-reactive ketones (excluding diaryl/α,β-unsaturated/α-hetero) is 1. The second-order valence-electron chi connectivity index (χ2n) is 7.54. The average Bonchev–Trinajstić information content (AvgIpc) is 2.84. The van der Waals surface area contributed by atoms with E-state index in [0.717, 1.165) is 9.13 Å². The summed E-state index contributed by atoms with van der Waals surface area (Å²) in [6, 6.07) is 14.0. The van der Waals surface area contributed by atoms with Crippen LogP contribution < -0.4 is 17.0 Å². The van der Waals surface area contributed by atoms with E-state index in [2.05, 4.69) is 4.98 Å². The Kier molecular flexibility index (Phi) is 5.80. The molecular weight excluding hydrogens is 443 g/mol. The first kappa shape index (κ1) is 22.6. The van der Waals surface area contributed by atoms with Crippen LogP contribution in [0.3, 0.4) is 0 Å². The van der Waals surface area contributed by atoms with Gasteiger partial charge in [0.25, 0.3) is 5.56 Å². The van der Waals surface area contributed by atoms with E-state index >= 15 is 0 Å². The predicted octanol–water partition coefficient (Wildman–Crippen LogP) is 2.06. The number of ether oxygens (including phenoxy) is 1. The van der Waals surface area contributed by atoms with Gasteiger partial charge in [-0.3, -0.25) is 18.7 Å². The minimum absolute atomic E-state index is 0.138. The van der Waals surface area contributed by atoms with E-state index in [1.165, 1.54) is 44.4 Å². The molecule has 0 fully saturated rings. The van der Waals surface area contributed by atoms with E-state index in [-0.39, 0.29) is 11.4 Å². The molecule has 0 aliphatic heterocycles. The van der Waals surface area contributed by atoms with Gasteiger partial charge in [-0.2, -0.15) is 0 Å². The first-order valence-electron chi connectivity index (χ1n) is 10.1. The number of nitrogens with zero attached hydrogens (tertiary/aromatic N) is 3. The number of pyridine rings is 1. The normalized spacial score (nSPS) is 10.9. The number of nitrogens with two attached hydrogens (primary N) is 1. The third-order valence-electron chi connectivity index (χ3n) is 5.40. The maximum atomic E-state index is 13.3. The molecule has 34 heavy (non-hydrogen) atoms. The number of fused-ring (bicyclic) bond motifs is 1. The zero-order valence-electron chi connectivity index (χ0n) is 18.2. The average molecular weight is 462 g/mol. The third kappa shape index (κ3) is 3.96. The van der Waals surface area contributed by atoms with Gasteiger partial charge in [-0.25, -0.2) is 19.0 Å². The topological polar surface area (TPSA) is 126 Å². The molecule has 2 N–H and O–H groups in total. The van der Waals surface area contributed by atoms with E-state index in [9.17, 15) is 23.6 Å². The smallest absolute Gasteiger partial charge is 0.339 e. The van der Waals surface area contributed by atoms with Gasteiger partial charge in [-0.05, 0) is 36.4 Å². The zero-order chi connectivity index (χ0) is 24.6. The monoisotopic (exact) mass is 462 g/mol. The highest BCUT2D eigenvalue weighted by Gasteiger charge is 2.23. The molecule has 9 nitrogen and oxygen atoms in total. The number of halogens is 1. The largest absolute Gasteiger partial charge is 0.454 e. The van der Waals surface area contributed by atoms with Crippen LogP contribution in [0.25, 0.3) is 22.2 Å². The van der Waals surface area contributed by atoms with Crippen molar-refractivity contribution in [2.45, 2.75) is 0 Å². The fourth-order valence-electron chi connectivity index (χ4n) is 3.52. The highest BCUT2D eigenvalue weighted by molar-refractivity contribution is 6.06. The van der Waals surface area contributed by atoms with E-state index in [1.54, 1.807) is 24.3 Å². The van der Waals surface area contributed by atoms with Crippen molar-refractivity contribution in [3.05, 3.63) is 92.4 Å². The molecule has 0 amide bonds. The Bertz CT molecular complexity index is 1570. The molecule has 0 radical (unpaired) electrons. The summed E-state index contributed by atoms with van der Waals surface area (Å²) >= 11 is 0. The third-order valence-corrected chi connectivity index (χ3v) is 5.40. The summed E-state index contributed by atoms with van der Waals surface area (Å²) in [6.07, 6.45) is 0. The maximum Gasteiger partial charge on any atom is 0.339 e. The molecule has 2 heterocycles. The first-order valence-corrected chi connectivity index (χ1v) is 10.1. The lowest BCUT2D eigenvalue weighted by molar-refractivity contribution is 0.0476. The fraction of sp³-hybridized carbons (Fsp3) is 0.125. The van der Waals surface area contributed by atoms with Crippen LogP contribution in [0.5, 0.6) is 0 Å². The Morgan fingerprint density at radius 1 is 1.03 bits per heavy atom. The van der Waals surface area contributed by atoms with Gasteiger partial charge in [0.1, 0.15) is 17.2 Å². The summed E-state index contributed by atoms with van der Waals surface area (Å²) in [5.41, 5.74) is 5.42. The molecule has 4 rings (SSSR count). The lowest BCUT2D eigenvalue weighted by Crippen LogP contribution is -2.42. The van der Waals surface area contributed by atoms with Crippen molar-refractivity contribution in [3.63, 3.8) is 0 Å². The van der Waals surface area contributed by atoms with Gasteiger partial charge >= 0.3 is 11.7 Å². The van der Waals surface area contributed by atoms with Crippen LogP contribution in [0.4, 0.5) is 10.2 Å². The first-order chi connectivity index (χ1) is 16.2. The SMILES string of the molecule is Cn1c(N)c(C(=O)COC(=O)c2cc(-c3ccc(F)cc3)nc3ccccc23)c(=O)n(C)c1=O. The minimum Gasteiger partial charge on any atom is -0.454 e. The molecule has 10 heteroatoms. The zero-order valence-corrected chi connectivity index (χ0v) is 18.2. The van der Waals surface area contributed by atoms with Crippen molar-refractivity contribution in [1.29, 1.82) is 0 Å².